The van der Waals surface area contributed by atoms with Gasteiger partial charge in [-0.25, -0.2) is 0 Å². The second kappa shape index (κ2) is 3.26. The lowest BCUT2D eigenvalue weighted by Crippen LogP contribution is -2.25. The Bertz CT molecular complexity index is 541. The number of nitrogens with one attached hydrogen (secondary N) is 2. The molecule has 0 aliphatic rings. The summed E-state index contributed by atoms with van der Waals surface area (Å²) in [4.78, 5) is 25.9. The summed E-state index contributed by atoms with van der Waals surface area (Å²) >= 11 is 1.33. The lowest BCUT2D eigenvalue weighted by Gasteiger charge is -1.98. The van der Waals surface area contributed by atoms with Crippen molar-refractivity contribution in [3.63, 3.8) is 0 Å². The van der Waals surface area contributed by atoms with Crippen LogP contribution in [0.4, 0.5) is 0 Å². The highest BCUT2D eigenvalue weighted by Crippen LogP contribution is 2.14. The van der Waals surface area contributed by atoms with E-state index in [4.69, 9.17) is 0 Å². The molecule has 0 spiro atoms. The molecule has 1 amide bonds. The van der Waals surface area contributed by atoms with Gasteiger partial charge in [0.05, 0.1) is 10.2 Å². The number of fused-ring (bicyclic) bond motifs is 1. The molecule has 0 aliphatic carbocycles. The fourth-order valence-electron chi connectivity index (χ4n) is 1.24. The number of hydrogen-bond donors (Lipinski definition) is 2. The summed E-state index contributed by atoms with van der Waals surface area (Å²) < 4.78 is 0.589. The number of rotatable bonds is 1. The Hall–Kier alpha value is -1.62. The summed E-state index contributed by atoms with van der Waals surface area (Å²) in [6.07, 6.45) is 1.44. The molecular formula is C9H8N2O2S. The Morgan fingerprint density at radius 1 is 1.57 bits per heavy atom. The zero-order chi connectivity index (χ0) is 10.1. The van der Waals surface area contributed by atoms with Crippen LogP contribution in [0.25, 0.3) is 10.2 Å². The Kier molecular flexibility index (Phi) is 2.09. The van der Waals surface area contributed by atoms with Crippen LogP contribution in [0.5, 0.6) is 0 Å². The molecule has 72 valence electrons. The Morgan fingerprint density at radius 3 is 3.07 bits per heavy atom. The number of carbonyl (C=O) groups excluding carboxylic acids is 1. The minimum atomic E-state index is -0.360. The lowest BCUT2D eigenvalue weighted by atomic mass is 10.2. The van der Waals surface area contributed by atoms with Gasteiger partial charge in [0, 0.05) is 13.2 Å². The van der Waals surface area contributed by atoms with E-state index >= 15 is 0 Å². The molecule has 4 nitrogen and oxygen atoms in total. The van der Waals surface area contributed by atoms with Crippen molar-refractivity contribution in [2.75, 3.05) is 7.05 Å². The zero-order valence-electron chi connectivity index (χ0n) is 7.46. The van der Waals surface area contributed by atoms with Gasteiger partial charge in [-0.2, -0.15) is 0 Å². The van der Waals surface area contributed by atoms with E-state index in [1.807, 2.05) is 11.4 Å². The molecule has 2 heterocycles. The molecule has 5 heteroatoms. The first-order valence-electron chi connectivity index (χ1n) is 4.05. The van der Waals surface area contributed by atoms with Gasteiger partial charge in [0.1, 0.15) is 5.56 Å². The van der Waals surface area contributed by atoms with E-state index in [0.29, 0.717) is 4.70 Å². The highest BCUT2D eigenvalue weighted by atomic mass is 32.1. The van der Waals surface area contributed by atoms with Gasteiger partial charge in [-0.15, -0.1) is 11.3 Å². The SMILES string of the molecule is CNC(=O)c1c[nH]c2ccsc2c1=O. The third-order valence-electron chi connectivity index (χ3n) is 1.96. The summed E-state index contributed by atoms with van der Waals surface area (Å²) in [6, 6.07) is 1.81. The number of aromatic amines is 1. The van der Waals surface area contributed by atoms with Crippen LogP contribution in [0.3, 0.4) is 0 Å². The molecule has 0 fully saturated rings. The molecule has 2 rings (SSSR count). The van der Waals surface area contributed by atoms with Gasteiger partial charge in [-0.1, -0.05) is 0 Å². The first-order valence-corrected chi connectivity index (χ1v) is 4.93. The Morgan fingerprint density at radius 2 is 2.36 bits per heavy atom. The topological polar surface area (TPSA) is 62.0 Å². The number of aromatic nitrogens is 1. The third kappa shape index (κ3) is 1.22. The number of H-pyrrole nitrogens is 1. The molecule has 0 aliphatic heterocycles. The molecule has 0 aromatic carbocycles. The first kappa shape index (κ1) is 8.96. The molecule has 0 atom stereocenters. The minimum absolute atomic E-state index is 0.155. The molecule has 2 N–H and O–H groups in total. The molecule has 14 heavy (non-hydrogen) atoms. The van der Waals surface area contributed by atoms with E-state index < -0.39 is 0 Å². The zero-order valence-corrected chi connectivity index (χ0v) is 8.27. The van der Waals surface area contributed by atoms with Gasteiger partial charge in [0.15, 0.2) is 0 Å². The summed E-state index contributed by atoms with van der Waals surface area (Å²) in [6.45, 7) is 0. The molecule has 0 radical (unpaired) electrons. The Labute approximate surface area is 83.6 Å². The molecular weight excluding hydrogens is 200 g/mol. The molecule has 0 saturated carbocycles. The molecule has 0 saturated heterocycles. The quantitative estimate of drug-likeness (QED) is 0.733. The summed E-state index contributed by atoms with van der Waals surface area (Å²) in [5.74, 6) is -0.360. The van der Waals surface area contributed by atoms with Crippen molar-refractivity contribution in [2.24, 2.45) is 0 Å². The highest BCUT2D eigenvalue weighted by Gasteiger charge is 2.11. The maximum absolute atomic E-state index is 11.7. The van der Waals surface area contributed by atoms with E-state index in [0.717, 1.165) is 5.52 Å². The van der Waals surface area contributed by atoms with Gasteiger partial charge in [0.2, 0.25) is 5.43 Å². The average Bonchev–Trinajstić information content (AvgIpc) is 2.66. The fraction of sp³-hybridized carbons (Fsp3) is 0.111. The van der Waals surface area contributed by atoms with Crippen LogP contribution in [-0.2, 0) is 0 Å². The van der Waals surface area contributed by atoms with Crippen molar-refractivity contribution in [1.82, 2.24) is 10.3 Å². The average molecular weight is 208 g/mol. The molecule has 0 bridgehead atoms. The van der Waals surface area contributed by atoms with E-state index in [1.165, 1.54) is 24.6 Å². The van der Waals surface area contributed by atoms with E-state index in [-0.39, 0.29) is 16.9 Å². The van der Waals surface area contributed by atoms with Crippen molar-refractivity contribution in [3.8, 4) is 0 Å². The fourth-order valence-corrected chi connectivity index (χ4v) is 2.05. The second-order valence-electron chi connectivity index (χ2n) is 2.77. The van der Waals surface area contributed by atoms with Gasteiger partial charge in [-0.3, -0.25) is 9.59 Å². The molecule has 2 aromatic heterocycles. The Balaban J connectivity index is 2.74. The van der Waals surface area contributed by atoms with E-state index in [2.05, 4.69) is 10.3 Å². The normalized spacial score (nSPS) is 10.4. The van der Waals surface area contributed by atoms with Gasteiger partial charge in [0.25, 0.3) is 5.91 Å². The van der Waals surface area contributed by atoms with Gasteiger partial charge >= 0.3 is 0 Å². The highest BCUT2D eigenvalue weighted by molar-refractivity contribution is 7.17. The predicted octanol–water partition coefficient (Wildman–Crippen LogP) is 0.949. The maximum Gasteiger partial charge on any atom is 0.256 e. The van der Waals surface area contributed by atoms with E-state index in [1.54, 1.807) is 0 Å². The lowest BCUT2D eigenvalue weighted by molar-refractivity contribution is 0.0962. The van der Waals surface area contributed by atoms with Crippen molar-refractivity contribution < 1.29 is 4.79 Å². The van der Waals surface area contributed by atoms with Crippen LogP contribution in [0, 0.1) is 0 Å². The van der Waals surface area contributed by atoms with Crippen LogP contribution in [0.2, 0.25) is 0 Å². The molecule has 0 unspecified atom stereocenters. The van der Waals surface area contributed by atoms with Crippen LogP contribution < -0.4 is 10.7 Å². The van der Waals surface area contributed by atoms with Crippen molar-refractivity contribution in [2.45, 2.75) is 0 Å². The summed E-state index contributed by atoms with van der Waals surface area (Å²) in [5, 5.41) is 4.24. The maximum atomic E-state index is 11.7. The molecule has 2 aromatic rings. The van der Waals surface area contributed by atoms with Crippen LogP contribution in [0.1, 0.15) is 10.4 Å². The van der Waals surface area contributed by atoms with Crippen LogP contribution in [0.15, 0.2) is 22.4 Å². The van der Waals surface area contributed by atoms with E-state index in [9.17, 15) is 9.59 Å². The number of pyridine rings is 1. The summed E-state index contributed by atoms with van der Waals surface area (Å²) in [7, 11) is 1.50. The monoisotopic (exact) mass is 208 g/mol. The number of hydrogen-bond acceptors (Lipinski definition) is 3. The van der Waals surface area contributed by atoms with Gasteiger partial charge < -0.3 is 10.3 Å². The van der Waals surface area contributed by atoms with Crippen LogP contribution in [-0.4, -0.2) is 17.9 Å². The minimum Gasteiger partial charge on any atom is -0.359 e. The smallest absolute Gasteiger partial charge is 0.256 e. The standard InChI is InChI=1S/C9H8N2O2S/c1-10-9(13)5-4-11-6-2-3-14-8(6)7(5)12/h2-4H,1H3,(H,10,13)(H,11,12). The van der Waals surface area contributed by atoms with Crippen LogP contribution >= 0.6 is 11.3 Å². The third-order valence-corrected chi connectivity index (χ3v) is 2.87. The number of carbonyl (C=O) groups is 1. The second-order valence-corrected chi connectivity index (χ2v) is 3.69. The largest absolute Gasteiger partial charge is 0.359 e. The first-order chi connectivity index (χ1) is 6.74. The summed E-state index contributed by atoms with van der Waals surface area (Å²) in [5.41, 5.74) is 0.711. The van der Waals surface area contributed by atoms with Crippen molar-refractivity contribution in [3.05, 3.63) is 33.4 Å². The van der Waals surface area contributed by atoms with Gasteiger partial charge in [-0.05, 0) is 11.4 Å². The van der Waals surface area contributed by atoms with Crippen molar-refractivity contribution >= 4 is 27.5 Å². The number of amides is 1. The predicted molar refractivity (Wildman–Crippen MR) is 55.8 cm³/mol. The van der Waals surface area contributed by atoms with Crippen molar-refractivity contribution in [1.29, 1.82) is 0 Å². The number of thiophene rings is 1.